The zero-order valence-electron chi connectivity index (χ0n) is 8.84. The Morgan fingerprint density at radius 2 is 2.17 bits per heavy atom. The lowest BCUT2D eigenvalue weighted by Crippen LogP contribution is -2.22. The molecule has 0 spiro atoms. The van der Waals surface area contributed by atoms with Crippen LogP contribution in [-0.2, 0) is 6.54 Å². The quantitative estimate of drug-likeness (QED) is 0.891. The first-order valence-corrected chi connectivity index (χ1v) is 7.31. The van der Waals surface area contributed by atoms with Crippen molar-refractivity contribution in [1.82, 2.24) is 10.3 Å². The van der Waals surface area contributed by atoms with Crippen LogP contribution in [0.1, 0.15) is 25.9 Å². The predicted molar refractivity (Wildman–Crippen MR) is 72.3 cm³/mol. The van der Waals surface area contributed by atoms with Crippen LogP contribution in [0, 0.1) is 0 Å². The molecule has 0 bridgehead atoms. The monoisotopic (exact) mass is 346 g/mol. The average Bonchev–Trinajstić information content (AvgIpc) is 2.94. The highest BCUT2D eigenvalue weighted by molar-refractivity contribution is 9.11. The second-order valence-corrected chi connectivity index (χ2v) is 6.49. The summed E-state index contributed by atoms with van der Waals surface area (Å²) in [6.45, 7) is 0.226. The molecule has 1 amide bonds. The van der Waals surface area contributed by atoms with Gasteiger partial charge in [0.25, 0.3) is 5.91 Å². The molecule has 94 valence electrons. The van der Waals surface area contributed by atoms with Gasteiger partial charge in [-0.05, 0) is 22.0 Å². The van der Waals surface area contributed by atoms with Crippen LogP contribution in [0.25, 0.3) is 0 Å². The third-order valence-corrected chi connectivity index (χ3v) is 4.35. The second kappa shape index (κ2) is 5.59. The minimum absolute atomic E-state index is 0.00234. The van der Waals surface area contributed by atoms with Crippen molar-refractivity contribution in [2.24, 2.45) is 0 Å². The van der Waals surface area contributed by atoms with E-state index in [9.17, 15) is 9.59 Å². The molecule has 0 aliphatic rings. The molecule has 0 atom stereocenters. The van der Waals surface area contributed by atoms with E-state index in [0.29, 0.717) is 10.6 Å². The molecular formula is C10H7BrN2O3S2. The fourth-order valence-corrected chi connectivity index (χ4v) is 3.02. The number of aromatic nitrogens is 1. The Balaban J connectivity index is 1.95. The van der Waals surface area contributed by atoms with E-state index in [1.54, 1.807) is 11.4 Å². The number of aromatic carboxylic acids is 1. The van der Waals surface area contributed by atoms with Crippen LogP contribution >= 0.6 is 38.6 Å². The molecule has 8 heteroatoms. The Hall–Kier alpha value is -1.25. The van der Waals surface area contributed by atoms with Gasteiger partial charge in [0.1, 0.15) is 5.01 Å². The number of hydrogen-bond acceptors (Lipinski definition) is 5. The summed E-state index contributed by atoms with van der Waals surface area (Å²) in [6.07, 6.45) is 0. The lowest BCUT2D eigenvalue weighted by Gasteiger charge is -1.99. The molecule has 0 aliphatic carbocycles. The number of rotatable bonds is 4. The highest BCUT2D eigenvalue weighted by Crippen LogP contribution is 2.20. The average molecular weight is 347 g/mol. The van der Waals surface area contributed by atoms with E-state index in [0.717, 1.165) is 3.79 Å². The van der Waals surface area contributed by atoms with Gasteiger partial charge < -0.3 is 10.4 Å². The van der Waals surface area contributed by atoms with Gasteiger partial charge in [0.2, 0.25) is 0 Å². The first-order valence-electron chi connectivity index (χ1n) is 4.76. The summed E-state index contributed by atoms with van der Waals surface area (Å²) in [4.78, 5) is 26.2. The van der Waals surface area contributed by atoms with E-state index in [1.807, 2.05) is 0 Å². The largest absolute Gasteiger partial charge is 0.476 e. The fourth-order valence-electron chi connectivity index (χ4n) is 1.18. The van der Waals surface area contributed by atoms with Crippen molar-refractivity contribution >= 4 is 50.5 Å². The van der Waals surface area contributed by atoms with E-state index in [1.165, 1.54) is 28.1 Å². The highest BCUT2D eigenvalue weighted by Gasteiger charge is 2.11. The summed E-state index contributed by atoms with van der Waals surface area (Å²) >= 11 is 5.91. The Morgan fingerprint density at radius 3 is 2.72 bits per heavy atom. The molecule has 2 aromatic rings. The van der Waals surface area contributed by atoms with Gasteiger partial charge in [0.15, 0.2) is 5.69 Å². The van der Waals surface area contributed by atoms with Gasteiger partial charge >= 0.3 is 5.97 Å². The lowest BCUT2D eigenvalue weighted by atomic mass is 10.3. The summed E-state index contributed by atoms with van der Waals surface area (Å²) < 4.78 is 0.884. The maximum absolute atomic E-state index is 11.7. The Labute approximate surface area is 119 Å². The van der Waals surface area contributed by atoms with Crippen LogP contribution in [-0.4, -0.2) is 22.0 Å². The van der Waals surface area contributed by atoms with Gasteiger partial charge in [-0.1, -0.05) is 0 Å². The topological polar surface area (TPSA) is 79.3 Å². The maximum atomic E-state index is 11.7. The number of carboxylic acid groups (broad SMARTS) is 1. The predicted octanol–water partition coefficient (Wildman–Crippen LogP) is 2.60. The van der Waals surface area contributed by atoms with Gasteiger partial charge in [-0.2, -0.15) is 0 Å². The number of nitrogens with zero attached hydrogens (tertiary/aromatic N) is 1. The molecule has 0 aliphatic heterocycles. The molecule has 0 radical (unpaired) electrons. The van der Waals surface area contributed by atoms with Gasteiger partial charge in [-0.25, -0.2) is 9.78 Å². The molecule has 2 rings (SSSR count). The Bertz CT molecular complexity index is 593. The number of halogens is 1. The maximum Gasteiger partial charge on any atom is 0.355 e. The summed E-state index contributed by atoms with van der Waals surface area (Å²) in [6, 6.07) is 1.73. The Morgan fingerprint density at radius 1 is 1.39 bits per heavy atom. The smallest absolute Gasteiger partial charge is 0.355 e. The van der Waals surface area contributed by atoms with Crippen molar-refractivity contribution in [3.63, 3.8) is 0 Å². The zero-order chi connectivity index (χ0) is 13.1. The van der Waals surface area contributed by atoms with Crippen LogP contribution in [0.3, 0.4) is 0 Å². The first kappa shape index (κ1) is 13.2. The van der Waals surface area contributed by atoms with E-state index < -0.39 is 5.97 Å². The molecule has 2 heterocycles. The number of nitrogens with one attached hydrogen (secondary N) is 1. The molecule has 18 heavy (non-hydrogen) atoms. The summed E-state index contributed by atoms with van der Waals surface area (Å²) in [7, 11) is 0. The van der Waals surface area contributed by atoms with E-state index in [4.69, 9.17) is 5.11 Å². The first-order chi connectivity index (χ1) is 8.56. The molecule has 5 nitrogen and oxygen atoms in total. The van der Waals surface area contributed by atoms with Crippen molar-refractivity contribution in [2.75, 3.05) is 0 Å². The molecular weight excluding hydrogens is 340 g/mol. The number of carboxylic acids is 1. The van der Waals surface area contributed by atoms with E-state index in [-0.39, 0.29) is 18.1 Å². The number of hydrogen-bond donors (Lipinski definition) is 2. The van der Waals surface area contributed by atoms with Gasteiger partial charge in [0.05, 0.1) is 15.9 Å². The van der Waals surface area contributed by atoms with Crippen molar-refractivity contribution in [3.05, 3.63) is 36.9 Å². The normalized spacial score (nSPS) is 10.3. The highest BCUT2D eigenvalue weighted by atomic mass is 79.9. The van der Waals surface area contributed by atoms with Crippen molar-refractivity contribution < 1.29 is 14.7 Å². The summed E-state index contributed by atoms with van der Waals surface area (Å²) in [5.41, 5.74) is 0.574. The molecule has 0 saturated carbocycles. The number of carbonyl (C=O) groups excluding carboxylic acids is 1. The van der Waals surface area contributed by atoms with Crippen LogP contribution < -0.4 is 5.32 Å². The minimum atomic E-state index is -1.06. The number of carbonyl (C=O) groups is 2. The Kier molecular flexibility index (Phi) is 4.10. The van der Waals surface area contributed by atoms with Gasteiger partial charge in [-0.3, -0.25) is 4.79 Å². The third kappa shape index (κ3) is 3.15. The van der Waals surface area contributed by atoms with Gasteiger partial charge in [0, 0.05) is 10.8 Å². The van der Waals surface area contributed by atoms with E-state index >= 15 is 0 Å². The lowest BCUT2D eigenvalue weighted by molar-refractivity contribution is 0.0691. The fraction of sp³-hybridized carbons (Fsp3) is 0.100. The summed E-state index contributed by atoms with van der Waals surface area (Å²) in [5, 5.41) is 15.1. The molecule has 2 N–H and O–H groups in total. The molecule has 0 saturated heterocycles. The SMILES string of the molecule is O=C(NCc1nc(C(=O)O)cs1)c1csc(Br)c1. The third-order valence-electron chi connectivity index (χ3n) is 2.00. The minimum Gasteiger partial charge on any atom is -0.476 e. The molecule has 0 aromatic carbocycles. The van der Waals surface area contributed by atoms with Crippen molar-refractivity contribution in [2.45, 2.75) is 6.54 Å². The second-order valence-electron chi connectivity index (χ2n) is 3.25. The van der Waals surface area contributed by atoms with E-state index in [2.05, 4.69) is 26.2 Å². The summed E-state index contributed by atoms with van der Waals surface area (Å²) in [5.74, 6) is -1.27. The molecule has 0 unspecified atom stereocenters. The van der Waals surface area contributed by atoms with Crippen LogP contribution in [0.4, 0.5) is 0 Å². The van der Waals surface area contributed by atoms with Crippen LogP contribution in [0.15, 0.2) is 20.6 Å². The number of thiazole rings is 1. The van der Waals surface area contributed by atoms with Crippen molar-refractivity contribution in [1.29, 1.82) is 0 Å². The van der Waals surface area contributed by atoms with Gasteiger partial charge in [-0.15, -0.1) is 22.7 Å². The molecule has 2 aromatic heterocycles. The van der Waals surface area contributed by atoms with Crippen molar-refractivity contribution in [3.8, 4) is 0 Å². The molecule has 0 fully saturated rings. The number of thiophene rings is 1. The standard InChI is InChI=1S/C10H7BrN2O3S2/c11-7-1-5(3-17-7)9(14)12-2-8-13-6(4-18-8)10(15)16/h1,3-4H,2H2,(H,12,14)(H,15,16). The zero-order valence-corrected chi connectivity index (χ0v) is 12.1. The van der Waals surface area contributed by atoms with Crippen LogP contribution in [0.5, 0.6) is 0 Å². The number of amides is 1. The van der Waals surface area contributed by atoms with Crippen LogP contribution in [0.2, 0.25) is 0 Å².